The molecule has 0 radical (unpaired) electrons. The maximum Gasteiger partial charge on any atom is 0.471 e. The highest BCUT2D eigenvalue weighted by Gasteiger charge is 2.62. The van der Waals surface area contributed by atoms with Crippen molar-refractivity contribution in [3.63, 3.8) is 0 Å². The van der Waals surface area contributed by atoms with E-state index in [1.807, 2.05) is 0 Å². The molecular formula is C11H15F3N2O2. The molecule has 0 aromatic rings. The molecule has 102 valence electrons. The fraction of sp³-hybridized carbons (Fsp3) is 0.818. The van der Waals surface area contributed by atoms with E-state index >= 15 is 0 Å². The molecule has 1 saturated heterocycles. The molecule has 2 atom stereocenters. The largest absolute Gasteiger partial charge is 0.471 e. The lowest BCUT2D eigenvalue weighted by atomic mass is 10.1. The Labute approximate surface area is 103 Å². The summed E-state index contributed by atoms with van der Waals surface area (Å²) >= 11 is 0. The second-order valence-electron chi connectivity index (χ2n) is 5.51. The third kappa shape index (κ3) is 2.18. The lowest BCUT2D eigenvalue weighted by Crippen LogP contribution is -2.44. The lowest BCUT2D eigenvalue weighted by molar-refractivity contribution is -0.174. The van der Waals surface area contributed by atoms with E-state index in [-0.39, 0.29) is 5.41 Å². The summed E-state index contributed by atoms with van der Waals surface area (Å²) in [5.41, 5.74) is 0.242. The van der Waals surface area contributed by atoms with Gasteiger partial charge in [-0.3, -0.25) is 9.59 Å². The fourth-order valence-corrected chi connectivity index (χ4v) is 2.70. The second-order valence-corrected chi connectivity index (χ2v) is 5.51. The molecule has 4 nitrogen and oxygen atoms in total. The Hall–Kier alpha value is -1.27. The van der Waals surface area contributed by atoms with Crippen LogP contribution in [0.3, 0.4) is 0 Å². The van der Waals surface area contributed by atoms with Crippen molar-refractivity contribution in [2.75, 3.05) is 19.6 Å². The van der Waals surface area contributed by atoms with Gasteiger partial charge in [0, 0.05) is 13.1 Å². The van der Waals surface area contributed by atoms with E-state index in [4.69, 9.17) is 0 Å². The summed E-state index contributed by atoms with van der Waals surface area (Å²) < 4.78 is 35.7. The zero-order chi connectivity index (χ0) is 13.7. The predicted octanol–water partition coefficient (Wildman–Crippen LogP) is 0.779. The first-order valence-corrected chi connectivity index (χ1v) is 5.77. The fourth-order valence-electron chi connectivity index (χ4n) is 2.70. The molecule has 1 heterocycles. The Balaban J connectivity index is 1.77. The zero-order valence-electron chi connectivity index (χ0n) is 10.2. The van der Waals surface area contributed by atoms with Crippen LogP contribution in [-0.4, -0.2) is 42.5 Å². The molecule has 2 amide bonds. The van der Waals surface area contributed by atoms with Gasteiger partial charge in [0.05, 0.1) is 6.54 Å². The molecule has 0 bridgehead atoms. The van der Waals surface area contributed by atoms with Gasteiger partial charge >= 0.3 is 12.1 Å². The van der Waals surface area contributed by atoms with Crippen molar-refractivity contribution < 1.29 is 22.8 Å². The number of hydrogen-bond acceptors (Lipinski definition) is 2. The van der Waals surface area contributed by atoms with Crippen molar-refractivity contribution in [2.45, 2.75) is 20.0 Å². The SMILES string of the molecule is CC1(C)C2CN(C(=O)CNC(=O)C(F)(F)F)C[C@H]21. The molecule has 18 heavy (non-hydrogen) atoms. The number of carbonyl (C=O) groups is 2. The standard InChI is InChI=1S/C11H15F3N2O2/c1-10(2)6-4-16(5-7(6)10)8(17)3-15-9(18)11(12,13)14/h6-7H,3-5H2,1-2H3,(H,15,18)/t6-,7?/m1/s1. The van der Waals surface area contributed by atoms with E-state index in [1.54, 1.807) is 5.32 Å². The van der Waals surface area contributed by atoms with Crippen molar-refractivity contribution in [3.05, 3.63) is 0 Å². The Morgan fingerprint density at radius 1 is 1.28 bits per heavy atom. The number of rotatable bonds is 2. The molecule has 0 spiro atoms. The summed E-state index contributed by atoms with van der Waals surface area (Å²) in [5, 5.41) is 1.59. The van der Waals surface area contributed by atoms with Crippen molar-refractivity contribution in [1.82, 2.24) is 10.2 Å². The van der Waals surface area contributed by atoms with Gasteiger partial charge in [-0.15, -0.1) is 0 Å². The number of fused-ring (bicyclic) bond motifs is 1. The summed E-state index contributed by atoms with van der Waals surface area (Å²) in [5.74, 6) is -1.63. The van der Waals surface area contributed by atoms with Crippen LogP contribution in [0, 0.1) is 17.3 Å². The molecule has 1 aliphatic heterocycles. The minimum absolute atomic E-state index is 0.242. The normalized spacial score (nSPS) is 28.8. The van der Waals surface area contributed by atoms with Crippen LogP contribution in [0.5, 0.6) is 0 Å². The number of halogens is 3. The van der Waals surface area contributed by atoms with E-state index in [1.165, 1.54) is 4.90 Å². The molecule has 1 unspecified atom stereocenters. The molecule has 1 aliphatic carbocycles. The highest BCUT2D eigenvalue weighted by Crippen LogP contribution is 2.61. The van der Waals surface area contributed by atoms with Crippen LogP contribution in [0.2, 0.25) is 0 Å². The van der Waals surface area contributed by atoms with Crippen LogP contribution in [0.15, 0.2) is 0 Å². The lowest BCUT2D eigenvalue weighted by Gasteiger charge is -2.22. The molecule has 7 heteroatoms. The highest BCUT2D eigenvalue weighted by atomic mass is 19.4. The number of likely N-dealkylation sites (tertiary alicyclic amines) is 1. The van der Waals surface area contributed by atoms with Gasteiger partial charge in [-0.2, -0.15) is 13.2 Å². The van der Waals surface area contributed by atoms with Gasteiger partial charge in [-0.1, -0.05) is 13.8 Å². The van der Waals surface area contributed by atoms with E-state index in [0.717, 1.165) is 0 Å². The first kappa shape index (κ1) is 13.2. The van der Waals surface area contributed by atoms with Crippen LogP contribution in [0.25, 0.3) is 0 Å². The number of amides is 2. The van der Waals surface area contributed by atoms with Gasteiger partial charge in [0.15, 0.2) is 0 Å². The van der Waals surface area contributed by atoms with E-state index < -0.39 is 24.5 Å². The van der Waals surface area contributed by atoms with Crippen LogP contribution in [0.1, 0.15) is 13.8 Å². The Bertz CT molecular complexity index is 378. The maximum absolute atomic E-state index is 11.9. The van der Waals surface area contributed by atoms with Crippen LogP contribution in [0.4, 0.5) is 13.2 Å². The smallest absolute Gasteiger partial charge is 0.341 e. The van der Waals surface area contributed by atoms with Gasteiger partial charge in [0.25, 0.3) is 0 Å². The topological polar surface area (TPSA) is 49.4 Å². The third-order valence-corrected chi connectivity index (χ3v) is 4.13. The van der Waals surface area contributed by atoms with Crippen molar-refractivity contribution in [1.29, 1.82) is 0 Å². The summed E-state index contributed by atoms with van der Waals surface area (Å²) in [6.07, 6.45) is -4.94. The first-order valence-electron chi connectivity index (χ1n) is 5.77. The predicted molar refractivity (Wildman–Crippen MR) is 56.4 cm³/mol. The molecule has 2 aliphatic rings. The van der Waals surface area contributed by atoms with Gasteiger partial charge in [0.2, 0.25) is 5.91 Å². The molecule has 1 saturated carbocycles. The van der Waals surface area contributed by atoms with Gasteiger partial charge in [0.1, 0.15) is 0 Å². The molecule has 0 aromatic carbocycles. The molecule has 0 aromatic heterocycles. The summed E-state index contributed by atoms with van der Waals surface area (Å²) in [7, 11) is 0. The zero-order valence-corrected chi connectivity index (χ0v) is 10.2. The van der Waals surface area contributed by atoms with E-state index in [2.05, 4.69) is 13.8 Å². The van der Waals surface area contributed by atoms with Crippen molar-refractivity contribution in [2.24, 2.45) is 17.3 Å². The quantitative estimate of drug-likeness (QED) is 0.801. The Kier molecular flexibility index (Phi) is 2.82. The maximum atomic E-state index is 11.9. The molecule has 2 rings (SSSR count). The minimum Gasteiger partial charge on any atom is -0.341 e. The summed E-state index contributed by atoms with van der Waals surface area (Å²) in [6, 6.07) is 0. The number of nitrogens with one attached hydrogen (secondary N) is 1. The third-order valence-electron chi connectivity index (χ3n) is 4.13. The number of hydrogen-bond donors (Lipinski definition) is 1. The monoisotopic (exact) mass is 264 g/mol. The van der Waals surface area contributed by atoms with E-state index in [0.29, 0.717) is 24.9 Å². The van der Waals surface area contributed by atoms with Gasteiger partial charge in [-0.25, -0.2) is 0 Å². The molecule has 1 N–H and O–H groups in total. The average Bonchev–Trinajstić information content (AvgIpc) is 2.68. The summed E-state index contributed by atoms with van der Waals surface area (Å²) in [6.45, 7) is 4.82. The van der Waals surface area contributed by atoms with Gasteiger partial charge in [-0.05, 0) is 17.3 Å². The van der Waals surface area contributed by atoms with Crippen molar-refractivity contribution >= 4 is 11.8 Å². The number of alkyl halides is 3. The Morgan fingerprint density at radius 3 is 2.22 bits per heavy atom. The summed E-state index contributed by atoms with van der Waals surface area (Å²) in [4.78, 5) is 23.7. The molecular weight excluding hydrogens is 249 g/mol. The number of carbonyl (C=O) groups excluding carboxylic acids is 2. The van der Waals surface area contributed by atoms with Crippen molar-refractivity contribution in [3.8, 4) is 0 Å². The molecule has 2 fully saturated rings. The van der Waals surface area contributed by atoms with Crippen LogP contribution >= 0.6 is 0 Å². The average molecular weight is 264 g/mol. The Morgan fingerprint density at radius 2 is 1.78 bits per heavy atom. The highest BCUT2D eigenvalue weighted by molar-refractivity contribution is 5.87. The minimum atomic E-state index is -4.94. The number of nitrogens with zero attached hydrogens (tertiary/aromatic N) is 1. The first-order chi connectivity index (χ1) is 8.14. The van der Waals surface area contributed by atoms with Crippen LogP contribution < -0.4 is 5.32 Å². The van der Waals surface area contributed by atoms with Crippen LogP contribution in [-0.2, 0) is 9.59 Å². The second kappa shape index (κ2) is 3.86. The number of piperidine rings is 1. The van der Waals surface area contributed by atoms with E-state index in [9.17, 15) is 22.8 Å². The van der Waals surface area contributed by atoms with Gasteiger partial charge < -0.3 is 10.2 Å².